The van der Waals surface area contributed by atoms with E-state index in [0.29, 0.717) is 16.7 Å². The standard InChI is InChI=1S/C18H15N3O4S/c1-24-13-8-5-12(6-9-13)7-10-17(23)25-11-16(22)19-14-3-2-4-15-18(14)21-26-20-15/h2-10H,11H2,1H3,(H,19,22)/b10-7+. The molecular weight excluding hydrogens is 354 g/mol. The number of hydrogen-bond acceptors (Lipinski definition) is 7. The summed E-state index contributed by atoms with van der Waals surface area (Å²) in [7, 11) is 1.58. The summed E-state index contributed by atoms with van der Waals surface area (Å²) in [5.74, 6) is -0.326. The molecule has 0 unspecified atom stereocenters. The highest BCUT2D eigenvalue weighted by atomic mass is 32.1. The molecule has 1 N–H and O–H groups in total. The van der Waals surface area contributed by atoms with Crippen LogP contribution in [-0.4, -0.2) is 34.3 Å². The lowest BCUT2D eigenvalue weighted by molar-refractivity contribution is -0.142. The fraction of sp³-hybridized carbons (Fsp3) is 0.111. The predicted molar refractivity (Wildman–Crippen MR) is 99.0 cm³/mol. The maximum atomic E-state index is 12.0. The maximum absolute atomic E-state index is 12.0. The van der Waals surface area contributed by atoms with E-state index in [1.807, 2.05) is 0 Å². The Labute approximate surface area is 153 Å². The number of nitrogens with zero attached hydrogens (tertiary/aromatic N) is 2. The lowest BCUT2D eigenvalue weighted by atomic mass is 10.2. The zero-order chi connectivity index (χ0) is 18.4. The first kappa shape index (κ1) is 17.6. The van der Waals surface area contributed by atoms with Crippen LogP contribution in [0.1, 0.15) is 5.56 Å². The van der Waals surface area contributed by atoms with Crippen molar-refractivity contribution in [2.24, 2.45) is 0 Å². The van der Waals surface area contributed by atoms with E-state index < -0.39 is 11.9 Å². The van der Waals surface area contributed by atoms with E-state index in [0.717, 1.165) is 23.0 Å². The largest absolute Gasteiger partial charge is 0.497 e. The number of nitrogens with one attached hydrogen (secondary N) is 1. The molecule has 0 radical (unpaired) electrons. The second-order valence-electron chi connectivity index (χ2n) is 5.20. The van der Waals surface area contributed by atoms with Crippen molar-refractivity contribution < 1.29 is 19.1 Å². The zero-order valence-corrected chi connectivity index (χ0v) is 14.7. The number of hydrogen-bond donors (Lipinski definition) is 1. The van der Waals surface area contributed by atoms with E-state index in [1.165, 1.54) is 6.08 Å². The molecule has 0 fully saturated rings. The van der Waals surface area contributed by atoms with Gasteiger partial charge in [-0.05, 0) is 35.9 Å². The smallest absolute Gasteiger partial charge is 0.331 e. The summed E-state index contributed by atoms with van der Waals surface area (Å²) in [5, 5.41) is 2.66. The van der Waals surface area contributed by atoms with Gasteiger partial charge in [-0.15, -0.1) is 0 Å². The van der Waals surface area contributed by atoms with Gasteiger partial charge in [-0.3, -0.25) is 4.79 Å². The molecule has 1 aromatic heterocycles. The van der Waals surface area contributed by atoms with Gasteiger partial charge in [0.2, 0.25) is 0 Å². The molecule has 0 atom stereocenters. The van der Waals surface area contributed by atoms with E-state index in [9.17, 15) is 9.59 Å². The van der Waals surface area contributed by atoms with Crippen LogP contribution < -0.4 is 10.1 Å². The van der Waals surface area contributed by atoms with Gasteiger partial charge >= 0.3 is 5.97 Å². The Morgan fingerprint density at radius 3 is 2.73 bits per heavy atom. The molecule has 7 nitrogen and oxygen atoms in total. The van der Waals surface area contributed by atoms with Gasteiger partial charge in [0.25, 0.3) is 5.91 Å². The molecule has 1 heterocycles. The fourth-order valence-corrected chi connectivity index (χ4v) is 2.71. The second-order valence-corrected chi connectivity index (χ2v) is 5.73. The van der Waals surface area contributed by atoms with Gasteiger partial charge in [0, 0.05) is 6.08 Å². The number of rotatable bonds is 6. The summed E-state index contributed by atoms with van der Waals surface area (Å²) in [6.45, 7) is -0.389. The third kappa shape index (κ3) is 4.42. The molecule has 0 aliphatic heterocycles. The molecule has 0 aliphatic rings. The van der Waals surface area contributed by atoms with Gasteiger partial charge < -0.3 is 14.8 Å². The van der Waals surface area contributed by atoms with E-state index in [2.05, 4.69) is 14.1 Å². The van der Waals surface area contributed by atoms with Crippen molar-refractivity contribution in [2.75, 3.05) is 19.0 Å². The zero-order valence-electron chi connectivity index (χ0n) is 13.8. The van der Waals surface area contributed by atoms with Crippen LogP contribution >= 0.6 is 11.7 Å². The molecule has 3 aromatic rings. The van der Waals surface area contributed by atoms with Gasteiger partial charge in [-0.25, -0.2) is 4.79 Å². The number of methoxy groups -OCH3 is 1. The van der Waals surface area contributed by atoms with Crippen molar-refractivity contribution in [1.29, 1.82) is 0 Å². The molecule has 2 aromatic carbocycles. The number of esters is 1. The van der Waals surface area contributed by atoms with Crippen LogP contribution in [0.25, 0.3) is 17.1 Å². The first-order valence-electron chi connectivity index (χ1n) is 7.66. The summed E-state index contributed by atoms with van der Waals surface area (Å²) in [6, 6.07) is 12.5. The third-order valence-electron chi connectivity index (χ3n) is 3.43. The molecule has 0 aliphatic carbocycles. The lowest BCUT2D eigenvalue weighted by Crippen LogP contribution is -2.20. The predicted octanol–water partition coefficient (Wildman–Crippen LogP) is 2.90. The van der Waals surface area contributed by atoms with Gasteiger partial charge in [0.05, 0.1) is 24.5 Å². The monoisotopic (exact) mass is 369 g/mol. The minimum atomic E-state index is -0.607. The normalized spacial score (nSPS) is 10.8. The van der Waals surface area contributed by atoms with Crippen molar-refractivity contribution in [3.05, 3.63) is 54.1 Å². The number of fused-ring (bicyclic) bond motifs is 1. The highest BCUT2D eigenvalue weighted by molar-refractivity contribution is 7.00. The summed E-state index contributed by atoms with van der Waals surface area (Å²) >= 11 is 1.07. The maximum Gasteiger partial charge on any atom is 0.331 e. The van der Waals surface area contributed by atoms with Crippen LogP contribution in [-0.2, 0) is 14.3 Å². The quantitative estimate of drug-likeness (QED) is 0.531. The topological polar surface area (TPSA) is 90.4 Å². The molecular formula is C18H15N3O4S. The lowest BCUT2D eigenvalue weighted by Gasteiger charge is -2.05. The third-order valence-corrected chi connectivity index (χ3v) is 3.98. The molecule has 0 saturated carbocycles. The average molecular weight is 369 g/mol. The molecule has 0 saturated heterocycles. The van der Waals surface area contributed by atoms with Gasteiger partial charge in [-0.1, -0.05) is 18.2 Å². The molecule has 8 heteroatoms. The van der Waals surface area contributed by atoms with Crippen LogP contribution in [0.15, 0.2) is 48.5 Å². The molecule has 26 heavy (non-hydrogen) atoms. The summed E-state index contributed by atoms with van der Waals surface area (Å²) in [5.41, 5.74) is 2.66. The first-order valence-corrected chi connectivity index (χ1v) is 8.39. The van der Waals surface area contributed by atoms with Crippen molar-refractivity contribution in [3.63, 3.8) is 0 Å². The van der Waals surface area contributed by atoms with Crippen molar-refractivity contribution in [3.8, 4) is 5.75 Å². The van der Waals surface area contributed by atoms with Crippen LogP contribution in [0.3, 0.4) is 0 Å². The number of anilines is 1. The molecule has 132 valence electrons. The Balaban J connectivity index is 1.51. The van der Waals surface area contributed by atoms with Crippen LogP contribution in [0.4, 0.5) is 5.69 Å². The van der Waals surface area contributed by atoms with E-state index in [-0.39, 0.29) is 6.61 Å². The van der Waals surface area contributed by atoms with Gasteiger partial charge in [0.1, 0.15) is 16.8 Å². The van der Waals surface area contributed by atoms with Crippen LogP contribution in [0.2, 0.25) is 0 Å². The molecule has 0 bridgehead atoms. The SMILES string of the molecule is COc1ccc(/C=C/C(=O)OCC(=O)Nc2cccc3nsnc23)cc1. The fourth-order valence-electron chi connectivity index (χ4n) is 2.16. The van der Waals surface area contributed by atoms with Crippen molar-refractivity contribution in [2.45, 2.75) is 0 Å². The Morgan fingerprint density at radius 2 is 1.96 bits per heavy atom. The first-order chi connectivity index (χ1) is 12.7. The minimum Gasteiger partial charge on any atom is -0.497 e. The minimum absolute atomic E-state index is 0.389. The Bertz CT molecular complexity index is 950. The highest BCUT2D eigenvalue weighted by Gasteiger charge is 2.10. The van der Waals surface area contributed by atoms with E-state index in [4.69, 9.17) is 9.47 Å². The summed E-state index contributed by atoms with van der Waals surface area (Å²) in [6.07, 6.45) is 2.86. The van der Waals surface area contributed by atoms with Crippen molar-refractivity contribution >= 4 is 46.4 Å². The average Bonchev–Trinajstić information content (AvgIpc) is 3.15. The van der Waals surface area contributed by atoms with E-state index in [1.54, 1.807) is 55.7 Å². The van der Waals surface area contributed by atoms with Crippen LogP contribution in [0, 0.1) is 0 Å². The summed E-state index contributed by atoms with van der Waals surface area (Å²) in [4.78, 5) is 23.7. The molecule has 3 rings (SSSR count). The highest BCUT2D eigenvalue weighted by Crippen LogP contribution is 2.20. The summed E-state index contributed by atoms with van der Waals surface area (Å²) < 4.78 is 18.2. The number of amides is 1. The van der Waals surface area contributed by atoms with Crippen LogP contribution in [0.5, 0.6) is 5.75 Å². The number of ether oxygens (including phenoxy) is 2. The number of aromatic nitrogens is 2. The number of carbonyl (C=O) groups excluding carboxylic acids is 2. The van der Waals surface area contributed by atoms with E-state index >= 15 is 0 Å². The molecule has 1 amide bonds. The molecule has 0 spiro atoms. The Hall–Kier alpha value is -3.26. The van der Waals surface area contributed by atoms with Crippen molar-refractivity contribution in [1.82, 2.24) is 8.75 Å². The second kappa shape index (κ2) is 8.21. The van der Waals surface area contributed by atoms with Gasteiger partial charge in [-0.2, -0.15) is 8.75 Å². The Kier molecular flexibility index (Phi) is 5.55. The Morgan fingerprint density at radius 1 is 1.15 bits per heavy atom. The number of carbonyl (C=O) groups is 2. The number of benzene rings is 2. The van der Waals surface area contributed by atoms with Gasteiger partial charge in [0.15, 0.2) is 6.61 Å².